The lowest BCUT2D eigenvalue weighted by atomic mass is 10.2. The Morgan fingerprint density at radius 2 is 2.00 bits per heavy atom. The summed E-state index contributed by atoms with van der Waals surface area (Å²) in [4.78, 5) is 4.36. The Balaban J connectivity index is 2.49. The second kappa shape index (κ2) is 3.79. The molecule has 0 aliphatic rings. The molecule has 0 amide bonds. The van der Waals surface area contributed by atoms with Crippen molar-refractivity contribution in [2.24, 2.45) is 0 Å². The third kappa shape index (κ3) is 1.83. The number of pyridine rings is 1. The molecule has 0 saturated heterocycles. The van der Waals surface area contributed by atoms with Gasteiger partial charge in [-0.25, -0.2) is 4.98 Å². The zero-order valence-electron chi connectivity index (χ0n) is 7.53. The van der Waals surface area contributed by atoms with Crippen LogP contribution in [0.15, 0.2) is 41.6 Å². The minimum atomic E-state index is 1.07. The molecule has 0 fully saturated rings. The highest BCUT2D eigenvalue weighted by molar-refractivity contribution is 7.99. The van der Waals surface area contributed by atoms with Crippen LogP contribution in [0.5, 0.6) is 0 Å². The van der Waals surface area contributed by atoms with Gasteiger partial charge in [-0.1, -0.05) is 31.2 Å². The van der Waals surface area contributed by atoms with Gasteiger partial charge < -0.3 is 0 Å². The summed E-state index contributed by atoms with van der Waals surface area (Å²) in [5, 5.41) is 3.60. The fourth-order valence-corrected chi connectivity index (χ4v) is 1.92. The minimum Gasteiger partial charge on any atom is -0.249 e. The highest BCUT2D eigenvalue weighted by Crippen LogP contribution is 2.20. The molecule has 66 valence electrons. The van der Waals surface area contributed by atoms with E-state index in [2.05, 4.69) is 36.2 Å². The molecular weight excluding hydrogens is 178 g/mol. The number of rotatable bonds is 2. The van der Waals surface area contributed by atoms with Crippen molar-refractivity contribution in [1.29, 1.82) is 0 Å². The molecule has 0 aliphatic heterocycles. The zero-order valence-corrected chi connectivity index (χ0v) is 8.34. The van der Waals surface area contributed by atoms with Crippen molar-refractivity contribution < 1.29 is 0 Å². The lowest BCUT2D eigenvalue weighted by Crippen LogP contribution is -1.80. The monoisotopic (exact) mass is 189 g/mol. The van der Waals surface area contributed by atoms with E-state index in [0.717, 1.165) is 10.8 Å². The van der Waals surface area contributed by atoms with Crippen LogP contribution >= 0.6 is 11.8 Å². The molecule has 0 aliphatic carbocycles. The molecule has 0 atom stereocenters. The number of benzene rings is 1. The molecule has 1 heterocycles. The quantitative estimate of drug-likeness (QED) is 0.672. The lowest BCUT2D eigenvalue weighted by Gasteiger charge is -1.99. The first-order valence-electron chi connectivity index (χ1n) is 4.38. The van der Waals surface area contributed by atoms with E-state index < -0.39 is 0 Å². The van der Waals surface area contributed by atoms with Crippen LogP contribution in [0, 0.1) is 0 Å². The standard InChI is InChI=1S/C11H11NS/c1-2-13-11-7-9-5-3-4-6-10(9)8-12-11/h3-8H,2H2,1H3. The fourth-order valence-electron chi connectivity index (χ4n) is 1.29. The maximum atomic E-state index is 4.36. The van der Waals surface area contributed by atoms with E-state index in [-0.39, 0.29) is 0 Å². The number of thioether (sulfide) groups is 1. The van der Waals surface area contributed by atoms with Crippen molar-refractivity contribution in [3.05, 3.63) is 36.5 Å². The van der Waals surface area contributed by atoms with E-state index in [1.165, 1.54) is 10.8 Å². The molecule has 2 aromatic rings. The van der Waals surface area contributed by atoms with Gasteiger partial charge in [0.1, 0.15) is 0 Å². The van der Waals surface area contributed by atoms with Crippen LogP contribution in [-0.4, -0.2) is 10.7 Å². The maximum absolute atomic E-state index is 4.36. The Morgan fingerprint density at radius 3 is 2.77 bits per heavy atom. The zero-order chi connectivity index (χ0) is 9.10. The van der Waals surface area contributed by atoms with E-state index in [9.17, 15) is 0 Å². The first-order chi connectivity index (χ1) is 6.40. The molecule has 0 N–H and O–H groups in total. The molecule has 1 nitrogen and oxygen atoms in total. The van der Waals surface area contributed by atoms with Gasteiger partial charge in [0.15, 0.2) is 0 Å². The van der Waals surface area contributed by atoms with Gasteiger partial charge in [0.25, 0.3) is 0 Å². The fraction of sp³-hybridized carbons (Fsp3) is 0.182. The van der Waals surface area contributed by atoms with Crippen molar-refractivity contribution in [3.8, 4) is 0 Å². The van der Waals surface area contributed by atoms with Gasteiger partial charge in [0.2, 0.25) is 0 Å². The summed E-state index contributed by atoms with van der Waals surface area (Å²) in [6, 6.07) is 10.4. The highest BCUT2D eigenvalue weighted by Gasteiger charge is 1.95. The van der Waals surface area contributed by atoms with Gasteiger partial charge in [-0.05, 0) is 17.2 Å². The second-order valence-corrected chi connectivity index (χ2v) is 4.09. The summed E-state index contributed by atoms with van der Waals surface area (Å²) >= 11 is 1.78. The SMILES string of the molecule is CCSc1cc2ccccc2cn1. The van der Waals surface area contributed by atoms with Crippen LogP contribution in [0.25, 0.3) is 10.8 Å². The van der Waals surface area contributed by atoms with Gasteiger partial charge in [-0.15, -0.1) is 11.8 Å². The van der Waals surface area contributed by atoms with Gasteiger partial charge in [0.05, 0.1) is 5.03 Å². The third-order valence-corrected chi connectivity index (χ3v) is 2.71. The number of fused-ring (bicyclic) bond motifs is 1. The van der Waals surface area contributed by atoms with Crippen LogP contribution in [0.2, 0.25) is 0 Å². The molecule has 13 heavy (non-hydrogen) atoms. The van der Waals surface area contributed by atoms with Crippen molar-refractivity contribution in [3.63, 3.8) is 0 Å². The van der Waals surface area contributed by atoms with E-state index in [4.69, 9.17) is 0 Å². The Morgan fingerprint density at radius 1 is 1.23 bits per heavy atom. The highest BCUT2D eigenvalue weighted by atomic mass is 32.2. The van der Waals surface area contributed by atoms with Gasteiger partial charge in [-0.3, -0.25) is 0 Å². The number of aromatic nitrogens is 1. The molecule has 0 unspecified atom stereocenters. The van der Waals surface area contributed by atoms with Gasteiger partial charge in [-0.2, -0.15) is 0 Å². The van der Waals surface area contributed by atoms with Gasteiger partial charge >= 0.3 is 0 Å². The van der Waals surface area contributed by atoms with E-state index in [0.29, 0.717) is 0 Å². The predicted octanol–water partition coefficient (Wildman–Crippen LogP) is 3.35. The average Bonchev–Trinajstić information content (AvgIpc) is 2.18. The average molecular weight is 189 g/mol. The molecular formula is C11H11NS. The van der Waals surface area contributed by atoms with Crippen LogP contribution in [0.3, 0.4) is 0 Å². The van der Waals surface area contributed by atoms with E-state index in [1.807, 2.05) is 12.3 Å². The van der Waals surface area contributed by atoms with Crippen molar-refractivity contribution >= 4 is 22.5 Å². The number of nitrogens with zero attached hydrogens (tertiary/aromatic N) is 1. The van der Waals surface area contributed by atoms with Crippen LogP contribution in [0.4, 0.5) is 0 Å². The van der Waals surface area contributed by atoms with E-state index >= 15 is 0 Å². The molecule has 0 saturated carbocycles. The number of hydrogen-bond acceptors (Lipinski definition) is 2. The molecule has 0 bridgehead atoms. The summed E-state index contributed by atoms with van der Waals surface area (Å²) in [6.45, 7) is 2.14. The molecule has 0 spiro atoms. The second-order valence-electron chi connectivity index (χ2n) is 2.80. The summed E-state index contributed by atoms with van der Waals surface area (Å²) in [6.07, 6.45) is 1.94. The molecule has 1 aromatic carbocycles. The smallest absolute Gasteiger partial charge is 0.0966 e. The van der Waals surface area contributed by atoms with Crippen LogP contribution < -0.4 is 0 Å². The molecule has 2 heteroatoms. The normalized spacial score (nSPS) is 10.5. The summed E-state index contributed by atoms with van der Waals surface area (Å²) in [7, 11) is 0. The van der Waals surface area contributed by atoms with Crippen molar-refractivity contribution in [2.45, 2.75) is 11.9 Å². The summed E-state index contributed by atoms with van der Waals surface area (Å²) in [5.74, 6) is 1.07. The Kier molecular flexibility index (Phi) is 2.50. The summed E-state index contributed by atoms with van der Waals surface area (Å²) < 4.78 is 0. The first-order valence-corrected chi connectivity index (χ1v) is 5.36. The topological polar surface area (TPSA) is 12.9 Å². The van der Waals surface area contributed by atoms with Crippen LogP contribution in [-0.2, 0) is 0 Å². The Hall–Kier alpha value is -1.02. The molecule has 0 radical (unpaired) electrons. The van der Waals surface area contributed by atoms with Crippen molar-refractivity contribution in [2.75, 3.05) is 5.75 Å². The predicted molar refractivity (Wildman–Crippen MR) is 58.1 cm³/mol. The third-order valence-electron chi connectivity index (χ3n) is 1.90. The van der Waals surface area contributed by atoms with Crippen LogP contribution in [0.1, 0.15) is 6.92 Å². The van der Waals surface area contributed by atoms with Crippen molar-refractivity contribution in [1.82, 2.24) is 4.98 Å². The number of hydrogen-bond donors (Lipinski definition) is 0. The minimum absolute atomic E-state index is 1.07. The largest absolute Gasteiger partial charge is 0.249 e. The first kappa shape index (κ1) is 8.57. The Labute approximate surface area is 82.2 Å². The molecule has 1 aromatic heterocycles. The Bertz CT molecular complexity index is 412. The maximum Gasteiger partial charge on any atom is 0.0966 e. The molecule has 2 rings (SSSR count). The van der Waals surface area contributed by atoms with E-state index in [1.54, 1.807) is 11.8 Å². The lowest BCUT2D eigenvalue weighted by molar-refractivity contribution is 1.16. The summed E-state index contributed by atoms with van der Waals surface area (Å²) in [5.41, 5.74) is 0. The van der Waals surface area contributed by atoms with Gasteiger partial charge in [0, 0.05) is 11.6 Å².